The number of carbonyl (C=O) groups excluding carboxylic acids is 2. The highest BCUT2D eigenvalue weighted by Gasteiger charge is 2.46. The second-order valence-electron chi connectivity index (χ2n) is 4.25. The number of fused-ring (bicyclic) bond motifs is 1. The Balaban J connectivity index is 2.23. The average Bonchev–Trinajstić information content (AvgIpc) is 2.19. The molecule has 0 spiro atoms. The van der Waals surface area contributed by atoms with Gasteiger partial charge in [-0.25, -0.2) is 0 Å². The first-order valence-electron chi connectivity index (χ1n) is 4.97. The highest BCUT2D eigenvalue weighted by molar-refractivity contribution is 5.81. The summed E-state index contributed by atoms with van der Waals surface area (Å²) in [4.78, 5) is 22.5. The van der Waals surface area contributed by atoms with Crippen molar-refractivity contribution in [3.63, 3.8) is 0 Å². The number of ketones is 1. The molecule has 1 saturated carbocycles. The Kier molecular flexibility index (Phi) is 2.17. The molecule has 2 atom stereocenters. The lowest BCUT2D eigenvalue weighted by Crippen LogP contribution is -2.45. The van der Waals surface area contributed by atoms with Crippen molar-refractivity contribution in [2.75, 3.05) is 6.61 Å². The third-order valence-electron chi connectivity index (χ3n) is 3.43. The Morgan fingerprint density at radius 2 is 2.29 bits per heavy atom. The van der Waals surface area contributed by atoms with Gasteiger partial charge in [-0.2, -0.15) is 0 Å². The van der Waals surface area contributed by atoms with E-state index >= 15 is 0 Å². The molecule has 1 aliphatic heterocycles. The Hall–Kier alpha value is -1.12. The van der Waals surface area contributed by atoms with Crippen LogP contribution in [0.25, 0.3) is 0 Å². The number of hydrogen-bond donors (Lipinski definition) is 0. The molecule has 1 saturated heterocycles. The van der Waals surface area contributed by atoms with Crippen LogP contribution in [0.1, 0.15) is 25.7 Å². The van der Waals surface area contributed by atoms with Crippen LogP contribution >= 0.6 is 0 Å². The topological polar surface area (TPSA) is 43.4 Å². The largest absolute Gasteiger partial charge is 0.465 e. The van der Waals surface area contributed by atoms with Gasteiger partial charge < -0.3 is 4.74 Å². The van der Waals surface area contributed by atoms with Gasteiger partial charge in [0.05, 0.1) is 0 Å². The summed E-state index contributed by atoms with van der Waals surface area (Å²) in [5, 5.41) is 0. The van der Waals surface area contributed by atoms with Gasteiger partial charge in [0.1, 0.15) is 12.4 Å². The number of Topliss-reactive ketones (excluding diaryl/α,β-unsaturated/α-hetero) is 1. The Labute approximate surface area is 83.1 Å². The van der Waals surface area contributed by atoms with Gasteiger partial charge in [0.2, 0.25) is 0 Å². The van der Waals surface area contributed by atoms with Crippen LogP contribution in [0.3, 0.4) is 0 Å². The molecule has 3 nitrogen and oxygen atoms in total. The second kappa shape index (κ2) is 3.23. The lowest BCUT2D eigenvalue weighted by atomic mass is 9.64. The zero-order valence-corrected chi connectivity index (χ0v) is 8.12. The van der Waals surface area contributed by atoms with E-state index < -0.39 is 0 Å². The molecule has 0 radical (unpaired) electrons. The van der Waals surface area contributed by atoms with Gasteiger partial charge in [0, 0.05) is 24.7 Å². The van der Waals surface area contributed by atoms with Crippen LogP contribution in [-0.4, -0.2) is 18.4 Å². The summed E-state index contributed by atoms with van der Waals surface area (Å²) in [6.07, 6.45) is 4.16. The Morgan fingerprint density at radius 1 is 1.50 bits per heavy atom. The van der Waals surface area contributed by atoms with E-state index in [0.717, 1.165) is 6.42 Å². The lowest BCUT2D eigenvalue weighted by Gasteiger charge is -2.43. The lowest BCUT2D eigenvalue weighted by molar-refractivity contribution is -0.161. The molecule has 1 aliphatic carbocycles. The molecule has 1 heterocycles. The molecule has 2 aliphatic rings. The maximum Gasteiger partial charge on any atom is 0.306 e. The van der Waals surface area contributed by atoms with Crippen molar-refractivity contribution < 1.29 is 14.3 Å². The van der Waals surface area contributed by atoms with Crippen molar-refractivity contribution in [3.05, 3.63) is 12.7 Å². The standard InChI is InChI=1S/C11H14O3/c1-2-11-6-9(12)4-3-8(11)5-10(13)14-7-11/h2,8H,1,3-7H2/t8-,11+/m0/s1. The molecular weight excluding hydrogens is 180 g/mol. The van der Waals surface area contributed by atoms with Gasteiger partial charge >= 0.3 is 5.97 Å². The number of carbonyl (C=O) groups is 2. The van der Waals surface area contributed by atoms with Crippen molar-refractivity contribution in [3.8, 4) is 0 Å². The minimum Gasteiger partial charge on any atom is -0.465 e. The third-order valence-corrected chi connectivity index (χ3v) is 3.43. The Morgan fingerprint density at radius 3 is 3.00 bits per heavy atom. The molecule has 0 unspecified atom stereocenters. The van der Waals surface area contributed by atoms with Crippen molar-refractivity contribution in [1.82, 2.24) is 0 Å². The quantitative estimate of drug-likeness (QED) is 0.469. The summed E-state index contributed by atoms with van der Waals surface area (Å²) in [5.74, 6) is 0.389. The van der Waals surface area contributed by atoms with E-state index in [9.17, 15) is 9.59 Å². The number of ether oxygens (including phenoxy) is 1. The van der Waals surface area contributed by atoms with E-state index in [0.29, 0.717) is 25.9 Å². The van der Waals surface area contributed by atoms with E-state index in [-0.39, 0.29) is 23.1 Å². The normalized spacial score (nSPS) is 37.3. The fourth-order valence-electron chi connectivity index (χ4n) is 2.47. The highest BCUT2D eigenvalue weighted by Crippen LogP contribution is 2.45. The van der Waals surface area contributed by atoms with Crippen molar-refractivity contribution in [2.24, 2.45) is 11.3 Å². The predicted octanol–water partition coefficient (Wildman–Crippen LogP) is 1.47. The van der Waals surface area contributed by atoms with Crippen LogP contribution in [0.15, 0.2) is 12.7 Å². The van der Waals surface area contributed by atoms with Crippen LogP contribution in [-0.2, 0) is 14.3 Å². The first-order valence-corrected chi connectivity index (χ1v) is 4.97. The molecule has 3 heteroatoms. The molecule has 2 fully saturated rings. The summed E-state index contributed by atoms with van der Waals surface area (Å²) in [7, 11) is 0. The average molecular weight is 194 g/mol. The molecule has 76 valence electrons. The molecule has 0 bridgehead atoms. The van der Waals surface area contributed by atoms with Gasteiger partial charge in [-0.15, -0.1) is 6.58 Å². The fourth-order valence-corrected chi connectivity index (χ4v) is 2.47. The van der Waals surface area contributed by atoms with Crippen LogP contribution in [0.2, 0.25) is 0 Å². The van der Waals surface area contributed by atoms with E-state index in [1.165, 1.54) is 0 Å². The summed E-state index contributed by atoms with van der Waals surface area (Å²) >= 11 is 0. The smallest absolute Gasteiger partial charge is 0.306 e. The first kappa shape index (κ1) is 9.44. The van der Waals surface area contributed by atoms with Crippen molar-refractivity contribution in [1.29, 1.82) is 0 Å². The van der Waals surface area contributed by atoms with Crippen LogP contribution in [0, 0.1) is 11.3 Å². The van der Waals surface area contributed by atoms with E-state index in [1.807, 2.05) is 0 Å². The van der Waals surface area contributed by atoms with Crippen LogP contribution in [0.4, 0.5) is 0 Å². The summed E-state index contributed by atoms with van der Waals surface area (Å²) in [6, 6.07) is 0. The molecule has 0 N–H and O–H groups in total. The molecule has 0 amide bonds. The van der Waals surface area contributed by atoms with Gasteiger partial charge in [-0.3, -0.25) is 9.59 Å². The van der Waals surface area contributed by atoms with Gasteiger partial charge in [0.15, 0.2) is 0 Å². The number of cyclic esters (lactones) is 1. The summed E-state index contributed by atoms with van der Waals surface area (Å²) < 4.78 is 5.03. The number of esters is 1. The van der Waals surface area contributed by atoms with Gasteiger partial charge in [-0.05, 0) is 12.3 Å². The predicted molar refractivity (Wildman–Crippen MR) is 50.6 cm³/mol. The molecule has 0 aromatic carbocycles. The molecule has 14 heavy (non-hydrogen) atoms. The SMILES string of the molecule is C=C[C@@]12COC(=O)C[C@@H]1CCC(=O)C2. The second-order valence-corrected chi connectivity index (χ2v) is 4.25. The minimum atomic E-state index is -0.261. The van der Waals surface area contributed by atoms with Gasteiger partial charge in [-0.1, -0.05) is 6.08 Å². The third kappa shape index (κ3) is 1.37. The highest BCUT2D eigenvalue weighted by atomic mass is 16.5. The molecule has 2 rings (SSSR count). The summed E-state index contributed by atoms with van der Waals surface area (Å²) in [5.41, 5.74) is -0.261. The zero-order chi connectivity index (χ0) is 10.2. The Bertz CT molecular complexity index is 295. The van der Waals surface area contributed by atoms with Crippen molar-refractivity contribution >= 4 is 11.8 Å². The van der Waals surface area contributed by atoms with E-state index in [4.69, 9.17) is 4.74 Å². The monoisotopic (exact) mass is 194 g/mol. The zero-order valence-electron chi connectivity index (χ0n) is 8.12. The van der Waals surface area contributed by atoms with Crippen molar-refractivity contribution in [2.45, 2.75) is 25.7 Å². The van der Waals surface area contributed by atoms with Crippen LogP contribution in [0.5, 0.6) is 0 Å². The van der Waals surface area contributed by atoms with Gasteiger partial charge in [0.25, 0.3) is 0 Å². The maximum atomic E-state index is 11.4. The molecular formula is C11H14O3. The van der Waals surface area contributed by atoms with E-state index in [2.05, 4.69) is 6.58 Å². The fraction of sp³-hybridized carbons (Fsp3) is 0.636. The number of rotatable bonds is 1. The summed E-state index contributed by atoms with van der Waals surface area (Å²) in [6.45, 7) is 4.11. The maximum absolute atomic E-state index is 11.4. The first-order chi connectivity index (χ1) is 6.66. The minimum absolute atomic E-state index is 0.137. The van der Waals surface area contributed by atoms with E-state index in [1.54, 1.807) is 6.08 Å². The number of hydrogen-bond acceptors (Lipinski definition) is 3. The van der Waals surface area contributed by atoms with Crippen LogP contribution < -0.4 is 0 Å². The molecule has 0 aromatic rings. The molecule has 0 aromatic heterocycles.